The Morgan fingerprint density at radius 2 is 1.74 bits per heavy atom. The monoisotopic (exact) mass is 259 g/mol. The molecule has 0 saturated heterocycles. The molecule has 0 amide bonds. The molecule has 0 aromatic heterocycles. The molecule has 106 valence electrons. The van der Waals surface area contributed by atoms with Gasteiger partial charge in [-0.05, 0) is 42.6 Å². The Hall–Kier alpha value is -0.820. The molecule has 1 aromatic rings. The maximum atomic E-state index is 3.75. The Labute approximate surface area is 118 Å². The zero-order chi connectivity index (χ0) is 13.7. The quantitative estimate of drug-likeness (QED) is 0.771. The Balaban J connectivity index is 1.80. The van der Waals surface area contributed by atoms with Crippen LogP contribution in [0.1, 0.15) is 58.4 Å². The van der Waals surface area contributed by atoms with Crippen molar-refractivity contribution in [2.75, 3.05) is 0 Å². The average Bonchev–Trinajstić information content (AvgIpc) is 2.62. The van der Waals surface area contributed by atoms with Crippen LogP contribution >= 0.6 is 0 Å². The van der Waals surface area contributed by atoms with Crippen molar-refractivity contribution in [3.05, 3.63) is 35.9 Å². The molecule has 19 heavy (non-hydrogen) atoms. The van der Waals surface area contributed by atoms with E-state index in [4.69, 9.17) is 0 Å². The van der Waals surface area contributed by atoms with Gasteiger partial charge in [-0.15, -0.1) is 0 Å². The second-order valence-electron chi connectivity index (χ2n) is 7.13. The third-order valence-electron chi connectivity index (χ3n) is 4.63. The molecule has 1 saturated carbocycles. The van der Waals surface area contributed by atoms with Crippen LogP contribution in [0.25, 0.3) is 0 Å². The SMILES string of the molecule is CC(C)(C)C1CCCC(NCc2ccccc2)CC1. The van der Waals surface area contributed by atoms with Gasteiger partial charge in [-0.1, -0.05) is 57.5 Å². The third-order valence-corrected chi connectivity index (χ3v) is 4.63. The highest BCUT2D eigenvalue weighted by Crippen LogP contribution is 2.36. The van der Waals surface area contributed by atoms with Crippen molar-refractivity contribution < 1.29 is 0 Å². The van der Waals surface area contributed by atoms with Gasteiger partial charge in [0.15, 0.2) is 0 Å². The standard InChI is InChI=1S/C18H29N/c1-18(2,3)16-10-7-11-17(13-12-16)19-14-15-8-5-4-6-9-15/h4-6,8-9,16-17,19H,7,10-14H2,1-3H3. The van der Waals surface area contributed by atoms with E-state index < -0.39 is 0 Å². The van der Waals surface area contributed by atoms with Gasteiger partial charge >= 0.3 is 0 Å². The summed E-state index contributed by atoms with van der Waals surface area (Å²) in [7, 11) is 0. The van der Waals surface area contributed by atoms with Crippen molar-refractivity contribution in [1.29, 1.82) is 0 Å². The van der Waals surface area contributed by atoms with Crippen LogP contribution in [0.15, 0.2) is 30.3 Å². The summed E-state index contributed by atoms with van der Waals surface area (Å²) in [6.07, 6.45) is 6.87. The lowest BCUT2D eigenvalue weighted by atomic mass is 9.76. The Morgan fingerprint density at radius 3 is 2.42 bits per heavy atom. The van der Waals surface area contributed by atoms with Gasteiger partial charge in [0, 0.05) is 12.6 Å². The summed E-state index contributed by atoms with van der Waals surface area (Å²) >= 11 is 0. The first-order valence-electron chi connectivity index (χ1n) is 7.83. The zero-order valence-electron chi connectivity index (χ0n) is 12.8. The molecule has 1 fully saturated rings. The predicted octanol–water partition coefficient (Wildman–Crippen LogP) is 4.77. The highest BCUT2D eigenvalue weighted by Gasteiger charge is 2.27. The van der Waals surface area contributed by atoms with Crippen LogP contribution in [0, 0.1) is 11.3 Å². The molecule has 1 aliphatic carbocycles. The van der Waals surface area contributed by atoms with Crippen molar-refractivity contribution >= 4 is 0 Å². The summed E-state index contributed by atoms with van der Waals surface area (Å²) in [5.74, 6) is 0.899. The molecular formula is C18H29N. The van der Waals surface area contributed by atoms with E-state index in [1.165, 1.54) is 37.7 Å². The summed E-state index contributed by atoms with van der Waals surface area (Å²) in [5, 5.41) is 3.75. The molecule has 1 heteroatoms. The first-order chi connectivity index (χ1) is 9.05. The van der Waals surface area contributed by atoms with E-state index in [0.29, 0.717) is 11.5 Å². The summed E-state index contributed by atoms with van der Waals surface area (Å²) < 4.78 is 0. The van der Waals surface area contributed by atoms with Gasteiger partial charge in [0.1, 0.15) is 0 Å². The molecule has 1 aromatic carbocycles. The first-order valence-corrected chi connectivity index (χ1v) is 7.83. The lowest BCUT2D eigenvalue weighted by molar-refractivity contribution is 0.213. The molecule has 1 nitrogen and oxygen atoms in total. The lowest BCUT2D eigenvalue weighted by Gasteiger charge is -2.29. The van der Waals surface area contributed by atoms with Crippen molar-refractivity contribution in [3.63, 3.8) is 0 Å². The van der Waals surface area contributed by atoms with E-state index in [2.05, 4.69) is 56.4 Å². The first kappa shape index (κ1) is 14.6. The number of rotatable bonds is 3. The zero-order valence-corrected chi connectivity index (χ0v) is 12.8. The Kier molecular flexibility index (Phi) is 5.04. The van der Waals surface area contributed by atoms with Crippen LogP contribution in [0.5, 0.6) is 0 Å². The Bertz CT molecular complexity index is 363. The normalized spacial score (nSPS) is 25.0. The predicted molar refractivity (Wildman–Crippen MR) is 83.1 cm³/mol. The Morgan fingerprint density at radius 1 is 1.00 bits per heavy atom. The highest BCUT2D eigenvalue weighted by molar-refractivity contribution is 5.14. The number of hydrogen-bond acceptors (Lipinski definition) is 1. The van der Waals surface area contributed by atoms with E-state index in [1.807, 2.05) is 0 Å². The molecule has 0 aliphatic heterocycles. The largest absolute Gasteiger partial charge is 0.310 e. The van der Waals surface area contributed by atoms with Crippen LogP contribution in [0.3, 0.4) is 0 Å². The van der Waals surface area contributed by atoms with Crippen LogP contribution in [0.2, 0.25) is 0 Å². The maximum absolute atomic E-state index is 3.75. The summed E-state index contributed by atoms with van der Waals surface area (Å²) in [4.78, 5) is 0. The van der Waals surface area contributed by atoms with Gasteiger partial charge in [-0.2, -0.15) is 0 Å². The van der Waals surface area contributed by atoms with Crippen LogP contribution < -0.4 is 5.32 Å². The van der Waals surface area contributed by atoms with E-state index in [9.17, 15) is 0 Å². The fourth-order valence-electron chi connectivity index (χ4n) is 3.23. The molecule has 1 N–H and O–H groups in total. The molecule has 1 aliphatic rings. The average molecular weight is 259 g/mol. The smallest absolute Gasteiger partial charge is 0.0208 e. The van der Waals surface area contributed by atoms with E-state index in [1.54, 1.807) is 0 Å². The molecule has 2 unspecified atom stereocenters. The van der Waals surface area contributed by atoms with Crippen molar-refractivity contribution in [2.45, 2.75) is 65.5 Å². The lowest BCUT2D eigenvalue weighted by Crippen LogP contribution is -2.28. The van der Waals surface area contributed by atoms with Gasteiger partial charge in [0.2, 0.25) is 0 Å². The van der Waals surface area contributed by atoms with E-state index in [0.717, 1.165) is 12.5 Å². The fourth-order valence-corrected chi connectivity index (χ4v) is 3.23. The van der Waals surface area contributed by atoms with Crippen LogP contribution in [-0.2, 0) is 6.54 Å². The van der Waals surface area contributed by atoms with Crippen LogP contribution in [-0.4, -0.2) is 6.04 Å². The van der Waals surface area contributed by atoms with Gasteiger partial charge < -0.3 is 5.32 Å². The number of hydrogen-bond donors (Lipinski definition) is 1. The molecule has 2 atom stereocenters. The molecular weight excluding hydrogens is 230 g/mol. The van der Waals surface area contributed by atoms with Crippen molar-refractivity contribution in [2.24, 2.45) is 11.3 Å². The van der Waals surface area contributed by atoms with Gasteiger partial charge in [-0.25, -0.2) is 0 Å². The minimum Gasteiger partial charge on any atom is -0.310 e. The minimum atomic E-state index is 0.480. The van der Waals surface area contributed by atoms with E-state index >= 15 is 0 Å². The molecule has 0 heterocycles. The van der Waals surface area contributed by atoms with Crippen molar-refractivity contribution in [3.8, 4) is 0 Å². The minimum absolute atomic E-state index is 0.480. The van der Waals surface area contributed by atoms with Gasteiger partial charge in [0.05, 0.1) is 0 Å². The van der Waals surface area contributed by atoms with Gasteiger partial charge in [0.25, 0.3) is 0 Å². The molecule has 0 spiro atoms. The number of nitrogens with one attached hydrogen (secondary N) is 1. The van der Waals surface area contributed by atoms with Crippen molar-refractivity contribution in [1.82, 2.24) is 5.32 Å². The summed E-state index contributed by atoms with van der Waals surface area (Å²) in [5.41, 5.74) is 1.88. The van der Waals surface area contributed by atoms with Crippen LogP contribution in [0.4, 0.5) is 0 Å². The topological polar surface area (TPSA) is 12.0 Å². The number of benzene rings is 1. The second kappa shape index (κ2) is 6.56. The summed E-state index contributed by atoms with van der Waals surface area (Å²) in [6.45, 7) is 8.21. The highest BCUT2D eigenvalue weighted by atomic mass is 14.9. The van der Waals surface area contributed by atoms with Gasteiger partial charge in [-0.3, -0.25) is 0 Å². The second-order valence-corrected chi connectivity index (χ2v) is 7.13. The molecule has 0 radical (unpaired) electrons. The maximum Gasteiger partial charge on any atom is 0.0208 e. The van der Waals surface area contributed by atoms with E-state index in [-0.39, 0.29) is 0 Å². The molecule has 2 rings (SSSR count). The summed E-state index contributed by atoms with van der Waals surface area (Å²) in [6, 6.07) is 11.5. The third kappa shape index (κ3) is 4.65. The fraction of sp³-hybridized carbons (Fsp3) is 0.667. The molecule has 0 bridgehead atoms.